The van der Waals surface area contributed by atoms with Gasteiger partial charge in [-0.1, -0.05) is 19.1 Å². The molecule has 1 aromatic carbocycles. The van der Waals surface area contributed by atoms with E-state index in [1.54, 1.807) is 7.11 Å². The number of hydrogen-bond donors (Lipinski definition) is 2. The molecule has 3 rings (SSSR count). The van der Waals surface area contributed by atoms with E-state index in [4.69, 9.17) is 9.73 Å². The highest BCUT2D eigenvalue weighted by Gasteiger charge is 2.16. The highest BCUT2D eigenvalue weighted by atomic mass is 127. The molecule has 2 N–H and O–H groups in total. The molecule has 1 aliphatic rings. The number of nitrogens with one attached hydrogen (secondary N) is 2. The maximum absolute atomic E-state index is 5.22. The number of hydrogen-bond acceptors (Lipinski definition) is 5. The molecule has 1 aromatic heterocycles. The lowest BCUT2D eigenvalue weighted by molar-refractivity contribution is 0.270. The van der Waals surface area contributed by atoms with Gasteiger partial charge in [0.2, 0.25) is 0 Å². The van der Waals surface area contributed by atoms with E-state index in [9.17, 15) is 0 Å². The molecule has 0 amide bonds. The predicted octanol–water partition coefficient (Wildman–Crippen LogP) is 3.11. The van der Waals surface area contributed by atoms with Crippen molar-refractivity contribution in [2.24, 2.45) is 4.99 Å². The molecule has 0 aliphatic carbocycles. The van der Waals surface area contributed by atoms with Crippen LogP contribution in [0.25, 0.3) is 0 Å². The Morgan fingerprint density at radius 1 is 1.03 bits per heavy atom. The summed E-state index contributed by atoms with van der Waals surface area (Å²) in [6.45, 7) is 11.8. The lowest BCUT2D eigenvalue weighted by Gasteiger charge is -2.34. The Morgan fingerprint density at radius 2 is 1.77 bits per heavy atom. The largest absolute Gasteiger partial charge is 0.497 e. The number of likely N-dealkylation sites (N-methyl/N-ethyl adjacent to an activating group) is 1. The number of anilines is 1. The number of pyridine rings is 1. The summed E-state index contributed by atoms with van der Waals surface area (Å²) in [5, 5.41) is 6.72. The van der Waals surface area contributed by atoms with Crippen LogP contribution in [0, 0.1) is 0 Å². The summed E-state index contributed by atoms with van der Waals surface area (Å²) < 4.78 is 5.22. The van der Waals surface area contributed by atoms with Crippen LogP contribution < -0.4 is 20.3 Å². The lowest BCUT2D eigenvalue weighted by atomic mass is 10.2. The van der Waals surface area contributed by atoms with Crippen molar-refractivity contribution in [2.45, 2.75) is 26.9 Å². The van der Waals surface area contributed by atoms with Crippen LogP contribution in [0.3, 0.4) is 0 Å². The van der Waals surface area contributed by atoms with E-state index >= 15 is 0 Å². The van der Waals surface area contributed by atoms with Crippen molar-refractivity contribution in [3.8, 4) is 5.75 Å². The van der Waals surface area contributed by atoms with Crippen molar-refractivity contribution in [1.29, 1.82) is 0 Å². The first kappa shape index (κ1) is 25.2. The molecule has 7 nitrogen and oxygen atoms in total. The normalized spacial score (nSPS) is 14.7. The van der Waals surface area contributed by atoms with Crippen LogP contribution in [-0.4, -0.2) is 62.2 Å². The fourth-order valence-corrected chi connectivity index (χ4v) is 3.47. The molecule has 2 aromatic rings. The summed E-state index contributed by atoms with van der Waals surface area (Å²) in [5.74, 6) is 2.72. The van der Waals surface area contributed by atoms with Crippen molar-refractivity contribution in [3.05, 3.63) is 53.7 Å². The molecule has 0 atom stereocenters. The van der Waals surface area contributed by atoms with Crippen LogP contribution in [0.2, 0.25) is 0 Å². The van der Waals surface area contributed by atoms with Crippen LogP contribution in [0.15, 0.2) is 47.6 Å². The number of nitrogens with zero attached hydrogens (tertiary/aromatic N) is 4. The summed E-state index contributed by atoms with van der Waals surface area (Å²) in [7, 11) is 1.68. The molecule has 1 fully saturated rings. The van der Waals surface area contributed by atoms with Gasteiger partial charge in [-0.05, 0) is 48.9 Å². The SMILES string of the molecule is CCNC(=NCc1ccnc(N2CCN(CC)CC2)c1)NCc1ccc(OC)cc1.I. The minimum Gasteiger partial charge on any atom is -0.497 e. The van der Waals surface area contributed by atoms with Crippen LogP contribution in [-0.2, 0) is 13.1 Å². The van der Waals surface area contributed by atoms with Gasteiger partial charge in [0.05, 0.1) is 13.7 Å². The smallest absolute Gasteiger partial charge is 0.191 e. The number of aromatic nitrogens is 1. The van der Waals surface area contributed by atoms with Gasteiger partial charge in [0.15, 0.2) is 5.96 Å². The lowest BCUT2D eigenvalue weighted by Crippen LogP contribution is -2.46. The number of rotatable bonds is 8. The van der Waals surface area contributed by atoms with E-state index < -0.39 is 0 Å². The predicted molar refractivity (Wildman–Crippen MR) is 139 cm³/mol. The zero-order valence-electron chi connectivity index (χ0n) is 18.8. The second-order valence-corrected chi connectivity index (χ2v) is 7.34. The number of aliphatic imine (C=N–C) groups is 1. The Balaban J connectivity index is 0.00000341. The van der Waals surface area contributed by atoms with Crippen molar-refractivity contribution in [1.82, 2.24) is 20.5 Å². The van der Waals surface area contributed by atoms with Gasteiger partial charge in [-0.25, -0.2) is 9.98 Å². The molecule has 0 bridgehead atoms. The first-order chi connectivity index (χ1) is 14.7. The average molecular weight is 538 g/mol. The maximum atomic E-state index is 5.22. The molecule has 0 unspecified atom stereocenters. The van der Waals surface area contributed by atoms with Crippen molar-refractivity contribution >= 4 is 35.8 Å². The molecule has 0 spiro atoms. The minimum absolute atomic E-state index is 0. The third-order valence-electron chi connectivity index (χ3n) is 5.34. The molecular formula is C23H35IN6O. The molecule has 0 radical (unpaired) electrons. The van der Waals surface area contributed by atoms with Crippen molar-refractivity contribution in [3.63, 3.8) is 0 Å². The standard InChI is InChI=1S/C23H34N6O.HI/c1-4-24-23(26-17-19-6-8-21(30-3)9-7-19)27-18-20-10-11-25-22(16-20)29-14-12-28(5-2)13-15-29;/h6-11,16H,4-5,12-15,17-18H2,1-3H3,(H2,24,26,27);1H. The van der Waals surface area contributed by atoms with Crippen LogP contribution >= 0.6 is 24.0 Å². The molecule has 170 valence electrons. The maximum Gasteiger partial charge on any atom is 0.191 e. The fourth-order valence-electron chi connectivity index (χ4n) is 3.47. The molecule has 8 heteroatoms. The Labute approximate surface area is 203 Å². The van der Waals surface area contributed by atoms with Crippen molar-refractivity contribution < 1.29 is 4.74 Å². The zero-order valence-corrected chi connectivity index (χ0v) is 21.1. The highest BCUT2D eigenvalue weighted by Crippen LogP contribution is 2.16. The van der Waals surface area contributed by atoms with Gasteiger partial charge in [0.25, 0.3) is 0 Å². The van der Waals surface area contributed by atoms with E-state index in [0.717, 1.165) is 56.8 Å². The summed E-state index contributed by atoms with van der Waals surface area (Å²) in [5.41, 5.74) is 2.35. The average Bonchev–Trinajstić information content (AvgIpc) is 2.81. The molecule has 0 saturated carbocycles. The first-order valence-electron chi connectivity index (χ1n) is 10.8. The van der Waals surface area contributed by atoms with E-state index in [1.165, 1.54) is 11.1 Å². The number of guanidine groups is 1. The summed E-state index contributed by atoms with van der Waals surface area (Å²) in [6, 6.07) is 12.3. The number of piperazine rings is 1. The number of halogens is 1. The van der Waals surface area contributed by atoms with E-state index in [1.807, 2.05) is 24.4 Å². The molecule has 1 saturated heterocycles. The van der Waals surface area contributed by atoms with Crippen molar-refractivity contribution in [2.75, 3.05) is 51.3 Å². The van der Waals surface area contributed by atoms with Gasteiger partial charge in [-0.3, -0.25) is 0 Å². The van der Waals surface area contributed by atoms with Gasteiger partial charge in [0.1, 0.15) is 11.6 Å². The summed E-state index contributed by atoms with van der Waals surface area (Å²) in [6.07, 6.45) is 1.89. The van der Waals surface area contributed by atoms with Gasteiger partial charge in [-0.2, -0.15) is 0 Å². The second-order valence-electron chi connectivity index (χ2n) is 7.34. The third kappa shape index (κ3) is 7.84. The summed E-state index contributed by atoms with van der Waals surface area (Å²) in [4.78, 5) is 14.2. The Bertz CT molecular complexity index is 806. The van der Waals surface area contributed by atoms with E-state index in [-0.39, 0.29) is 24.0 Å². The van der Waals surface area contributed by atoms with Gasteiger partial charge in [-0.15, -0.1) is 24.0 Å². The highest BCUT2D eigenvalue weighted by molar-refractivity contribution is 14.0. The molecular weight excluding hydrogens is 503 g/mol. The monoisotopic (exact) mass is 538 g/mol. The van der Waals surface area contributed by atoms with Crippen LogP contribution in [0.1, 0.15) is 25.0 Å². The van der Waals surface area contributed by atoms with Crippen LogP contribution in [0.5, 0.6) is 5.75 Å². The van der Waals surface area contributed by atoms with Gasteiger partial charge < -0.3 is 25.2 Å². The minimum atomic E-state index is 0. The summed E-state index contributed by atoms with van der Waals surface area (Å²) >= 11 is 0. The number of methoxy groups -OCH3 is 1. The third-order valence-corrected chi connectivity index (χ3v) is 5.34. The second kappa shape index (κ2) is 13.4. The van der Waals surface area contributed by atoms with E-state index in [0.29, 0.717) is 13.1 Å². The Hall–Kier alpha value is -2.07. The number of benzene rings is 1. The first-order valence-corrected chi connectivity index (χ1v) is 10.8. The quantitative estimate of drug-likeness (QED) is 0.306. The van der Waals surface area contributed by atoms with Gasteiger partial charge >= 0.3 is 0 Å². The molecule has 1 aliphatic heterocycles. The number of ether oxygens (including phenoxy) is 1. The van der Waals surface area contributed by atoms with Crippen LogP contribution in [0.4, 0.5) is 5.82 Å². The fraction of sp³-hybridized carbons (Fsp3) is 0.478. The zero-order chi connectivity index (χ0) is 21.2. The topological polar surface area (TPSA) is 65.0 Å². The Morgan fingerprint density at radius 3 is 2.42 bits per heavy atom. The Kier molecular flexibility index (Phi) is 10.9. The van der Waals surface area contributed by atoms with E-state index in [2.05, 4.69) is 57.5 Å². The van der Waals surface area contributed by atoms with Gasteiger partial charge in [0, 0.05) is 45.5 Å². The molecule has 31 heavy (non-hydrogen) atoms. The molecule has 2 heterocycles.